The van der Waals surface area contributed by atoms with Crippen molar-refractivity contribution in [3.05, 3.63) is 12.1 Å². The van der Waals surface area contributed by atoms with Crippen molar-refractivity contribution in [2.75, 3.05) is 31.1 Å². The summed E-state index contributed by atoms with van der Waals surface area (Å²) >= 11 is 0. The Bertz CT molecular complexity index is 679. The van der Waals surface area contributed by atoms with Crippen molar-refractivity contribution >= 4 is 17.4 Å². The number of fused-ring (bicyclic) bond motifs is 1. The van der Waals surface area contributed by atoms with Crippen LogP contribution in [0.5, 0.6) is 0 Å². The molecule has 0 saturated carbocycles. The molecule has 1 atom stereocenters. The summed E-state index contributed by atoms with van der Waals surface area (Å²) in [4.78, 5) is 16.8. The molecule has 4 heterocycles. The van der Waals surface area contributed by atoms with E-state index in [-0.39, 0.29) is 5.92 Å². The SMILES string of the molecule is O=C(C1CCCN(c2ccc3nnnn3n2)C1)N1CCCC1. The number of hydrogen-bond acceptors (Lipinski definition) is 6. The summed E-state index contributed by atoms with van der Waals surface area (Å²) in [5.74, 6) is 1.22. The van der Waals surface area contributed by atoms with E-state index in [9.17, 15) is 4.79 Å². The van der Waals surface area contributed by atoms with Crippen LogP contribution >= 0.6 is 0 Å². The maximum atomic E-state index is 12.6. The predicted octanol–water partition coefficient (Wildman–Crippen LogP) is 0.358. The number of piperidine rings is 1. The molecular weight excluding hydrogens is 282 g/mol. The molecule has 2 aromatic heterocycles. The van der Waals surface area contributed by atoms with E-state index in [4.69, 9.17) is 0 Å². The van der Waals surface area contributed by atoms with E-state index in [1.165, 1.54) is 4.63 Å². The maximum Gasteiger partial charge on any atom is 0.227 e. The Hall–Kier alpha value is -2.25. The van der Waals surface area contributed by atoms with Gasteiger partial charge in [0.05, 0.1) is 5.92 Å². The second kappa shape index (κ2) is 5.51. The van der Waals surface area contributed by atoms with Gasteiger partial charge in [0.2, 0.25) is 5.91 Å². The zero-order chi connectivity index (χ0) is 14.9. The van der Waals surface area contributed by atoms with Crippen molar-refractivity contribution in [2.45, 2.75) is 25.7 Å². The lowest BCUT2D eigenvalue weighted by atomic mass is 9.96. The summed E-state index contributed by atoms with van der Waals surface area (Å²) in [6.07, 6.45) is 4.26. The first-order chi connectivity index (χ1) is 10.8. The topological polar surface area (TPSA) is 79.5 Å². The van der Waals surface area contributed by atoms with Crippen molar-refractivity contribution in [2.24, 2.45) is 5.92 Å². The molecule has 8 heteroatoms. The van der Waals surface area contributed by atoms with E-state index in [0.29, 0.717) is 11.6 Å². The molecule has 0 aliphatic carbocycles. The largest absolute Gasteiger partial charge is 0.354 e. The van der Waals surface area contributed by atoms with Gasteiger partial charge >= 0.3 is 0 Å². The Morgan fingerprint density at radius 3 is 2.86 bits per heavy atom. The molecular formula is C14H19N7O. The zero-order valence-electron chi connectivity index (χ0n) is 12.4. The minimum atomic E-state index is 0.0817. The normalized spacial score (nSPS) is 22.5. The van der Waals surface area contributed by atoms with Crippen molar-refractivity contribution in [1.82, 2.24) is 30.2 Å². The Kier molecular flexibility index (Phi) is 3.36. The number of likely N-dealkylation sites (tertiary alicyclic amines) is 1. The number of rotatable bonds is 2. The first kappa shape index (κ1) is 13.4. The van der Waals surface area contributed by atoms with Crippen molar-refractivity contribution in [1.29, 1.82) is 0 Å². The molecule has 4 rings (SSSR count). The van der Waals surface area contributed by atoms with Crippen LogP contribution in [0.2, 0.25) is 0 Å². The summed E-state index contributed by atoms with van der Waals surface area (Å²) in [5.41, 5.74) is 0.630. The zero-order valence-corrected chi connectivity index (χ0v) is 12.4. The highest BCUT2D eigenvalue weighted by molar-refractivity contribution is 5.80. The summed E-state index contributed by atoms with van der Waals surface area (Å²) in [5, 5.41) is 15.7. The van der Waals surface area contributed by atoms with Crippen LogP contribution in [0.3, 0.4) is 0 Å². The van der Waals surface area contributed by atoms with Gasteiger partial charge in [-0.25, -0.2) is 0 Å². The average Bonchev–Trinajstić information content (AvgIpc) is 3.25. The first-order valence-electron chi connectivity index (χ1n) is 7.90. The molecule has 2 aliphatic heterocycles. The fraction of sp³-hybridized carbons (Fsp3) is 0.643. The quantitative estimate of drug-likeness (QED) is 0.797. The number of hydrogen-bond donors (Lipinski definition) is 0. The maximum absolute atomic E-state index is 12.6. The summed E-state index contributed by atoms with van der Waals surface area (Å²) in [6.45, 7) is 3.49. The molecule has 116 valence electrons. The Labute approximate surface area is 128 Å². The molecule has 22 heavy (non-hydrogen) atoms. The summed E-state index contributed by atoms with van der Waals surface area (Å²) < 4.78 is 1.43. The summed E-state index contributed by atoms with van der Waals surface area (Å²) in [6, 6.07) is 3.78. The minimum Gasteiger partial charge on any atom is -0.354 e. The monoisotopic (exact) mass is 301 g/mol. The number of tetrazole rings is 1. The van der Waals surface area contributed by atoms with Crippen molar-refractivity contribution in [3.8, 4) is 0 Å². The average molecular weight is 301 g/mol. The molecule has 0 spiro atoms. The molecule has 2 aliphatic rings. The molecule has 2 fully saturated rings. The second-order valence-electron chi connectivity index (χ2n) is 6.04. The minimum absolute atomic E-state index is 0.0817. The highest BCUT2D eigenvalue weighted by Crippen LogP contribution is 2.24. The van der Waals surface area contributed by atoms with E-state index in [1.807, 2.05) is 17.0 Å². The third-order valence-corrected chi connectivity index (χ3v) is 4.57. The third-order valence-electron chi connectivity index (χ3n) is 4.57. The van der Waals surface area contributed by atoms with Gasteiger partial charge in [-0.3, -0.25) is 4.79 Å². The molecule has 2 aromatic rings. The Morgan fingerprint density at radius 2 is 2.00 bits per heavy atom. The number of nitrogens with zero attached hydrogens (tertiary/aromatic N) is 7. The fourth-order valence-electron chi connectivity index (χ4n) is 3.39. The van der Waals surface area contributed by atoms with Gasteiger partial charge in [0.1, 0.15) is 0 Å². The molecule has 0 N–H and O–H groups in total. The van der Waals surface area contributed by atoms with E-state index in [1.54, 1.807) is 0 Å². The van der Waals surface area contributed by atoms with Crippen LogP contribution in [-0.4, -0.2) is 62.2 Å². The lowest BCUT2D eigenvalue weighted by Crippen LogP contribution is -2.44. The van der Waals surface area contributed by atoms with Crippen LogP contribution in [0.15, 0.2) is 12.1 Å². The van der Waals surface area contributed by atoms with Crippen molar-refractivity contribution in [3.63, 3.8) is 0 Å². The van der Waals surface area contributed by atoms with Crippen molar-refractivity contribution < 1.29 is 4.79 Å². The highest BCUT2D eigenvalue weighted by Gasteiger charge is 2.31. The molecule has 8 nitrogen and oxygen atoms in total. The van der Waals surface area contributed by atoms with Crippen LogP contribution < -0.4 is 4.90 Å². The van der Waals surface area contributed by atoms with Gasteiger partial charge < -0.3 is 9.80 Å². The van der Waals surface area contributed by atoms with E-state index in [2.05, 4.69) is 25.5 Å². The van der Waals surface area contributed by atoms with Gasteiger partial charge in [0, 0.05) is 26.2 Å². The van der Waals surface area contributed by atoms with Crippen LogP contribution in [0.25, 0.3) is 5.65 Å². The molecule has 0 bridgehead atoms. The first-order valence-corrected chi connectivity index (χ1v) is 7.90. The third kappa shape index (κ3) is 2.38. The van der Waals surface area contributed by atoms with Gasteiger partial charge in [-0.15, -0.1) is 14.8 Å². The van der Waals surface area contributed by atoms with E-state index in [0.717, 1.165) is 57.7 Å². The molecule has 1 unspecified atom stereocenters. The lowest BCUT2D eigenvalue weighted by molar-refractivity contribution is -0.134. The highest BCUT2D eigenvalue weighted by atomic mass is 16.2. The lowest BCUT2D eigenvalue weighted by Gasteiger charge is -2.34. The van der Waals surface area contributed by atoms with Gasteiger partial charge in [0.25, 0.3) is 0 Å². The molecule has 0 radical (unpaired) electrons. The number of anilines is 1. The molecule has 2 saturated heterocycles. The predicted molar refractivity (Wildman–Crippen MR) is 79.3 cm³/mol. The van der Waals surface area contributed by atoms with Crippen LogP contribution in [0.1, 0.15) is 25.7 Å². The standard InChI is InChI=1S/C14H19N7O/c22-14(19-7-1-2-8-19)11-4-3-9-20(10-11)13-6-5-12-15-17-18-21(12)16-13/h5-6,11H,1-4,7-10H2. The van der Waals surface area contributed by atoms with Crippen LogP contribution in [0.4, 0.5) is 5.82 Å². The molecule has 0 aromatic carbocycles. The van der Waals surface area contributed by atoms with Crippen LogP contribution in [0, 0.1) is 5.92 Å². The van der Waals surface area contributed by atoms with Gasteiger partial charge in [0.15, 0.2) is 11.5 Å². The smallest absolute Gasteiger partial charge is 0.227 e. The Balaban J connectivity index is 1.51. The van der Waals surface area contributed by atoms with E-state index < -0.39 is 0 Å². The fourth-order valence-corrected chi connectivity index (χ4v) is 3.39. The van der Waals surface area contributed by atoms with Gasteiger partial charge in [-0.05, 0) is 48.2 Å². The number of amides is 1. The van der Waals surface area contributed by atoms with Crippen LogP contribution in [-0.2, 0) is 4.79 Å². The Morgan fingerprint density at radius 1 is 1.14 bits per heavy atom. The number of carbonyl (C=O) groups is 1. The van der Waals surface area contributed by atoms with Gasteiger partial charge in [-0.1, -0.05) is 0 Å². The summed E-state index contributed by atoms with van der Waals surface area (Å²) in [7, 11) is 0. The van der Waals surface area contributed by atoms with E-state index >= 15 is 0 Å². The number of aromatic nitrogens is 5. The number of carbonyl (C=O) groups excluding carboxylic acids is 1. The second-order valence-corrected chi connectivity index (χ2v) is 6.04. The molecule has 1 amide bonds. The van der Waals surface area contributed by atoms with Gasteiger partial charge in [-0.2, -0.15) is 0 Å².